The molecular weight excluding hydrogens is 310 g/mol. The lowest BCUT2D eigenvalue weighted by atomic mass is 10.2. The lowest BCUT2D eigenvalue weighted by molar-refractivity contribution is -0.131. The summed E-state index contributed by atoms with van der Waals surface area (Å²) in [6, 6.07) is 16.6. The molecule has 0 saturated carbocycles. The maximum atomic E-state index is 12.0. The first kappa shape index (κ1) is 16.8. The second kappa shape index (κ2) is 8.19. The molecule has 0 atom stereocenters. The average molecular weight is 327 g/mol. The third-order valence-electron chi connectivity index (χ3n) is 3.09. The predicted octanol–water partition coefficient (Wildman–Crippen LogP) is 3.79. The van der Waals surface area contributed by atoms with Crippen molar-refractivity contribution in [2.75, 3.05) is 11.1 Å². The normalized spacial score (nSPS) is 11.1. The number of para-hydroxylation sites is 1. The molecule has 2 rings (SSSR count). The number of aliphatic carboxylic acids is 1. The van der Waals surface area contributed by atoms with Crippen LogP contribution in [0.2, 0.25) is 0 Å². The zero-order chi connectivity index (χ0) is 16.7. The topological polar surface area (TPSA) is 66.4 Å². The molecule has 2 N–H and O–H groups in total. The predicted molar refractivity (Wildman–Crippen MR) is 94.3 cm³/mol. The molecule has 0 aliphatic heterocycles. The number of carboxylic acid groups (broad SMARTS) is 1. The monoisotopic (exact) mass is 327 g/mol. The molecule has 5 heteroatoms. The summed E-state index contributed by atoms with van der Waals surface area (Å²) in [6.45, 7) is 1.90. The Balaban J connectivity index is 1.99. The minimum atomic E-state index is -1.04. The number of nitrogens with one attached hydrogen (secondary N) is 1. The van der Waals surface area contributed by atoms with Gasteiger partial charge in [-0.3, -0.25) is 4.79 Å². The first-order chi connectivity index (χ1) is 11.1. The number of carbonyl (C=O) groups excluding carboxylic acids is 1. The number of amides is 1. The maximum Gasteiger partial charge on any atom is 0.342 e. The molecule has 0 fully saturated rings. The van der Waals surface area contributed by atoms with Crippen LogP contribution in [-0.4, -0.2) is 22.7 Å². The van der Waals surface area contributed by atoms with Gasteiger partial charge in [-0.2, -0.15) is 0 Å². The first-order valence-electron chi connectivity index (χ1n) is 7.04. The summed E-state index contributed by atoms with van der Waals surface area (Å²) in [5, 5.41) is 12.0. The molecule has 0 unspecified atom stereocenters. The van der Waals surface area contributed by atoms with Crippen molar-refractivity contribution < 1.29 is 14.7 Å². The van der Waals surface area contributed by atoms with Crippen LogP contribution in [0.1, 0.15) is 11.1 Å². The van der Waals surface area contributed by atoms with E-state index in [0.717, 1.165) is 28.6 Å². The van der Waals surface area contributed by atoms with Crippen LogP contribution in [-0.2, 0) is 9.59 Å². The number of aryl methyl sites for hydroxylation is 1. The summed E-state index contributed by atoms with van der Waals surface area (Å²) in [5.41, 5.74) is 2.49. The van der Waals surface area contributed by atoms with Gasteiger partial charge in [0, 0.05) is 5.69 Å². The van der Waals surface area contributed by atoms with Crippen LogP contribution in [0.5, 0.6) is 0 Å². The Labute approximate surface area is 139 Å². The highest BCUT2D eigenvalue weighted by molar-refractivity contribution is 8.04. The summed E-state index contributed by atoms with van der Waals surface area (Å²) >= 11 is 1.01. The SMILES string of the molecule is Cc1ccccc1NC(=O)CS/C(=C/c1ccccc1)C(=O)O. The van der Waals surface area contributed by atoms with Gasteiger partial charge >= 0.3 is 5.97 Å². The molecule has 0 aliphatic rings. The van der Waals surface area contributed by atoms with E-state index in [4.69, 9.17) is 0 Å². The summed E-state index contributed by atoms with van der Waals surface area (Å²) in [7, 11) is 0. The highest BCUT2D eigenvalue weighted by Gasteiger charge is 2.12. The molecule has 0 aromatic heterocycles. The van der Waals surface area contributed by atoms with Crippen molar-refractivity contribution in [3.8, 4) is 0 Å². The van der Waals surface area contributed by atoms with Crippen molar-refractivity contribution >= 4 is 35.4 Å². The Kier molecular flexibility index (Phi) is 6.00. The number of benzene rings is 2. The molecule has 0 bridgehead atoms. The number of carboxylic acids is 1. The largest absolute Gasteiger partial charge is 0.477 e. The van der Waals surface area contributed by atoms with Gasteiger partial charge in [0.25, 0.3) is 0 Å². The van der Waals surface area contributed by atoms with Gasteiger partial charge in [0.1, 0.15) is 0 Å². The highest BCUT2D eigenvalue weighted by Crippen LogP contribution is 2.20. The van der Waals surface area contributed by atoms with E-state index in [2.05, 4.69) is 5.32 Å². The molecule has 2 aromatic rings. The Morgan fingerprint density at radius 1 is 1.09 bits per heavy atom. The van der Waals surface area contributed by atoms with Gasteiger partial charge in [-0.05, 0) is 30.2 Å². The zero-order valence-electron chi connectivity index (χ0n) is 12.7. The third kappa shape index (κ3) is 5.30. The van der Waals surface area contributed by atoms with Gasteiger partial charge in [0.15, 0.2) is 0 Å². The van der Waals surface area contributed by atoms with E-state index in [1.165, 1.54) is 0 Å². The van der Waals surface area contributed by atoms with Crippen molar-refractivity contribution in [3.05, 3.63) is 70.6 Å². The van der Waals surface area contributed by atoms with E-state index in [1.54, 1.807) is 6.08 Å². The van der Waals surface area contributed by atoms with Crippen LogP contribution in [0.25, 0.3) is 6.08 Å². The van der Waals surface area contributed by atoms with Crippen LogP contribution in [0, 0.1) is 6.92 Å². The second-order valence-corrected chi connectivity index (χ2v) is 5.89. The molecule has 23 heavy (non-hydrogen) atoms. The van der Waals surface area contributed by atoms with Crippen LogP contribution in [0.3, 0.4) is 0 Å². The van der Waals surface area contributed by atoms with Crippen LogP contribution in [0.4, 0.5) is 5.69 Å². The fraction of sp³-hybridized carbons (Fsp3) is 0.111. The Hall–Kier alpha value is -2.53. The van der Waals surface area contributed by atoms with Gasteiger partial charge in [-0.1, -0.05) is 48.5 Å². The van der Waals surface area contributed by atoms with E-state index in [1.807, 2.05) is 61.5 Å². The van der Waals surface area contributed by atoms with E-state index >= 15 is 0 Å². The fourth-order valence-corrected chi connectivity index (χ4v) is 2.61. The maximum absolute atomic E-state index is 12.0. The molecular formula is C18H17NO3S. The second-order valence-electron chi connectivity index (χ2n) is 4.88. The number of hydrogen-bond donors (Lipinski definition) is 2. The van der Waals surface area contributed by atoms with E-state index < -0.39 is 5.97 Å². The van der Waals surface area contributed by atoms with Gasteiger partial charge in [-0.15, -0.1) is 11.8 Å². The van der Waals surface area contributed by atoms with Gasteiger partial charge in [-0.25, -0.2) is 4.79 Å². The van der Waals surface area contributed by atoms with Crippen LogP contribution < -0.4 is 5.32 Å². The summed E-state index contributed by atoms with van der Waals surface area (Å²) in [5.74, 6) is -1.23. The quantitative estimate of drug-likeness (QED) is 0.792. The zero-order valence-corrected chi connectivity index (χ0v) is 13.5. The van der Waals surface area contributed by atoms with E-state index in [0.29, 0.717) is 0 Å². The number of thioether (sulfide) groups is 1. The summed E-state index contributed by atoms with van der Waals surface area (Å²) in [6.07, 6.45) is 1.56. The minimum Gasteiger partial charge on any atom is -0.477 e. The average Bonchev–Trinajstić information content (AvgIpc) is 2.54. The third-order valence-corrected chi connectivity index (χ3v) is 4.10. The Morgan fingerprint density at radius 2 is 1.74 bits per heavy atom. The molecule has 118 valence electrons. The van der Waals surface area contributed by atoms with Gasteiger partial charge in [0.05, 0.1) is 10.7 Å². The number of rotatable bonds is 6. The summed E-state index contributed by atoms with van der Waals surface area (Å²) < 4.78 is 0. The Bertz CT molecular complexity index is 726. The van der Waals surface area contributed by atoms with Gasteiger partial charge in [0.2, 0.25) is 5.91 Å². The van der Waals surface area contributed by atoms with E-state index in [9.17, 15) is 14.7 Å². The Morgan fingerprint density at radius 3 is 2.39 bits per heavy atom. The molecule has 0 heterocycles. The van der Waals surface area contributed by atoms with Crippen molar-refractivity contribution in [1.82, 2.24) is 0 Å². The molecule has 0 radical (unpaired) electrons. The van der Waals surface area contributed by atoms with Crippen LogP contribution >= 0.6 is 11.8 Å². The molecule has 1 amide bonds. The number of carbonyl (C=O) groups is 2. The minimum absolute atomic E-state index is 0.0410. The van der Waals surface area contributed by atoms with Crippen molar-refractivity contribution in [2.45, 2.75) is 6.92 Å². The summed E-state index contributed by atoms with van der Waals surface area (Å²) in [4.78, 5) is 23.4. The van der Waals surface area contributed by atoms with E-state index in [-0.39, 0.29) is 16.6 Å². The van der Waals surface area contributed by atoms with Crippen LogP contribution in [0.15, 0.2) is 59.5 Å². The first-order valence-corrected chi connectivity index (χ1v) is 8.03. The molecule has 2 aromatic carbocycles. The van der Waals surface area contributed by atoms with Crippen molar-refractivity contribution in [3.63, 3.8) is 0 Å². The van der Waals surface area contributed by atoms with Crippen molar-refractivity contribution in [1.29, 1.82) is 0 Å². The standard InChI is InChI=1S/C18H17NO3S/c1-13-7-5-6-10-15(13)19-17(20)12-23-16(18(21)22)11-14-8-3-2-4-9-14/h2-11H,12H2,1H3,(H,19,20)(H,21,22)/b16-11+. The molecule has 4 nitrogen and oxygen atoms in total. The highest BCUT2D eigenvalue weighted by atomic mass is 32.2. The smallest absolute Gasteiger partial charge is 0.342 e. The molecule has 0 aliphatic carbocycles. The lowest BCUT2D eigenvalue weighted by Crippen LogP contribution is -2.15. The number of hydrogen-bond acceptors (Lipinski definition) is 3. The molecule has 0 spiro atoms. The lowest BCUT2D eigenvalue weighted by Gasteiger charge is -2.08. The molecule has 0 saturated heterocycles. The van der Waals surface area contributed by atoms with Gasteiger partial charge < -0.3 is 10.4 Å². The number of anilines is 1. The fourth-order valence-electron chi connectivity index (χ4n) is 1.91. The van der Waals surface area contributed by atoms with Crippen molar-refractivity contribution in [2.24, 2.45) is 0 Å².